The largest absolute Gasteiger partial charge is 0.405 e. The van der Waals surface area contributed by atoms with Crippen molar-refractivity contribution in [3.8, 4) is 0 Å². The fourth-order valence-corrected chi connectivity index (χ4v) is 2.63. The summed E-state index contributed by atoms with van der Waals surface area (Å²) in [5, 5.41) is 3.47. The summed E-state index contributed by atoms with van der Waals surface area (Å²) in [6.45, 7) is 0.981. The first kappa shape index (κ1) is 18.0. The Morgan fingerprint density at radius 3 is 2.30 bits per heavy atom. The molecule has 0 aromatic heterocycles. The Balaban J connectivity index is 1.63. The van der Waals surface area contributed by atoms with Gasteiger partial charge in [-0.25, -0.2) is 4.79 Å². The molecule has 0 aliphatic carbocycles. The Kier molecular flexibility index (Phi) is 6.19. The highest BCUT2D eigenvalue weighted by Gasteiger charge is 2.31. The molecule has 23 heavy (non-hydrogen) atoms. The van der Waals surface area contributed by atoms with Gasteiger partial charge < -0.3 is 14.8 Å². The number of carbonyl (C=O) groups excluding carboxylic acids is 2. The van der Waals surface area contributed by atoms with E-state index in [2.05, 4.69) is 0 Å². The molecule has 0 aromatic carbocycles. The van der Waals surface area contributed by atoms with Crippen molar-refractivity contribution in [3.63, 3.8) is 0 Å². The van der Waals surface area contributed by atoms with Crippen molar-refractivity contribution in [3.05, 3.63) is 0 Å². The van der Waals surface area contributed by atoms with Crippen LogP contribution in [0.25, 0.3) is 0 Å². The molecule has 2 saturated heterocycles. The van der Waals surface area contributed by atoms with Crippen molar-refractivity contribution in [2.24, 2.45) is 5.92 Å². The normalized spacial score (nSPS) is 21.3. The molecule has 132 valence electrons. The minimum absolute atomic E-state index is 0.0292. The summed E-state index contributed by atoms with van der Waals surface area (Å²) in [7, 11) is 0. The van der Waals surface area contributed by atoms with Crippen molar-refractivity contribution in [2.75, 3.05) is 39.4 Å². The van der Waals surface area contributed by atoms with E-state index in [1.807, 2.05) is 10.2 Å². The van der Waals surface area contributed by atoms with E-state index in [1.54, 1.807) is 5.32 Å². The summed E-state index contributed by atoms with van der Waals surface area (Å²) < 4.78 is 46.7. The molecule has 3 amide bonds. The third kappa shape index (κ3) is 6.32. The smallest absolute Gasteiger partial charge is 0.350 e. The molecule has 0 unspecified atom stereocenters. The molecule has 0 radical (unpaired) electrons. The number of ether oxygens (including phenoxy) is 2. The van der Waals surface area contributed by atoms with Gasteiger partial charge in [-0.2, -0.15) is 13.2 Å². The Hall–Kier alpha value is -1.39. The molecule has 2 heterocycles. The van der Waals surface area contributed by atoms with Gasteiger partial charge in [-0.15, -0.1) is 0 Å². The van der Waals surface area contributed by atoms with E-state index in [1.165, 1.54) is 0 Å². The number of hydrogen-bond acceptors (Lipinski definition) is 5. The second-order valence-electron chi connectivity index (χ2n) is 5.57. The van der Waals surface area contributed by atoms with E-state index in [0.717, 1.165) is 12.8 Å². The Labute approximate surface area is 131 Å². The minimum Gasteiger partial charge on any atom is -0.350 e. The van der Waals surface area contributed by atoms with Crippen LogP contribution in [0.15, 0.2) is 0 Å². The molecule has 0 aromatic rings. The monoisotopic (exact) mass is 339 g/mol. The van der Waals surface area contributed by atoms with Gasteiger partial charge in [0.2, 0.25) is 5.91 Å². The maximum atomic E-state index is 11.9. The molecule has 2 N–H and O–H groups in total. The van der Waals surface area contributed by atoms with E-state index >= 15 is 0 Å². The number of carbonyl (C=O) groups is 2. The van der Waals surface area contributed by atoms with Crippen LogP contribution in [0, 0.1) is 5.92 Å². The molecule has 2 aliphatic rings. The van der Waals surface area contributed by atoms with Crippen molar-refractivity contribution in [1.82, 2.24) is 15.5 Å². The second-order valence-corrected chi connectivity index (χ2v) is 5.57. The lowest BCUT2D eigenvalue weighted by molar-refractivity contribution is -0.125. The molecule has 2 rings (SSSR count). The van der Waals surface area contributed by atoms with Crippen LogP contribution in [0.4, 0.5) is 18.0 Å². The lowest BCUT2D eigenvalue weighted by atomic mass is 9.96. The lowest BCUT2D eigenvalue weighted by Gasteiger charge is -2.33. The number of nitrogens with zero attached hydrogens (tertiary/aromatic N) is 1. The molecule has 2 aliphatic heterocycles. The maximum Gasteiger partial charge on any atom is 0.405 e. The fraction of sp³-hybridized carbons (Fsp3) is 0.846. The molecule has 0 bridgehead atoms. The first-order chi connectivity index (χ1) is 10.8. The van der Waals surface area contributed by atoms with Crippen LogP contribution in [-0.4, -0.2) is 68.7 Å². The number of amides is 3. The number of alkyl halides is 3. The van der Waals surface area contributed by atoms with Gasteiger partial charge in [0.15, 0.2) is 6.29 Å². The minimum atomic E-state index is -4.51. The van der Waals surface area contributed by atoms with E-state index < -0.39 is 24.7 Å². The van der Waals surface area contributed by atoms with Crippen molar-refractivity contribution < 1.29 is 32.2 Å². The number of piperidine rings is 1. The summed E-state index contributed by atoms with van der Waals surface area (Å²) in [6, 6.07) is -1.14. The van der Waals surface area contributed by atoms with Crippen LogP contribution >= 0.6 is 0 Å². The summed E-state index contributed by atoms with van der Waals surface area (Å²) in [5.41, 5.74) is 0. The summed E-state index contributed by atoms with van der Waals surface area (Å²) in [6.07, 6.45) is -3.08. The van der Waals surface area contributed by atoms with Gasteiger partial charge in [0.1, 0.15) is 6.54 Å². The first-order valence-electron chi connectivity index (χ1n) is 7.43. The van der Waals surface area contributed by atoms with Crippen molar-refractivity contribution >= 4 is 11.9 Å². The quantitative estimate of drug-likeness (QED) is 0.778. The number of likely N-dealkylation sites (tertiary alicyclic amines) is 1. The topological polar surface area (TPSA) is 79.9 Å². The van der Waals surface area contributed by atoms with E-state index in [4.69, 9.17) is 9.47 Å². The van der Waals surface area contributed by atoms with Crippen LogP contribution in [0.3, 0.4) is 0 Å². The molecule has 7 nitrogen and oxygen atoms in total. The van der Waals surface area contributed by atoms with Gasteiger partial charge in [-0.3, -0.25) is 15.0 Å². The number of halogens is 3. The average molecular weight is 339 g/mol. The highest BCUT2D eigenvalue weighted by atomic mass is 19.4. The summed E-state index contributed by atoms with van der Waals surface area (Å²) >= 11 is 0. The summed E-state index contributed by atoms with van der Waals surface area (Å²) in [4.78, 5) is 24.7. The lowest BCUT2D eigenvalue weighted by Crippen LogP contribution is -2.48. The number of nitrogens with one attached hydrogen (secondary N) is 2. The van der Waals surface area contributed by atoms with E-state index in [-0.39, 0.29) is 18.8 Å². The third-order valence-electron chi connectivity index (χ3n) is 3.73. The number of hydrogen-bond donors (Lipinski definition) is 2. The van der Waals surface area contributed by atoms with E-state index in [9.17, 15) is 22.8 Å². The van der Waals surface area contributed by atoms with Gasteiger partial charge in [0.25, 0.3) is 0 Å². The van der Waals surface area contributed by atoms with Crippen LogP contribution in [0.5, 0.6) is 0 Å². The Bertz CT molecular complexity index is 419. The van der Waals surface area contributed by atoms with Gasteiger partial charge in [-0.05, 0) is 25.9 Å². The predicted octanol–water partition coefficient (Wildman–Crippen LogP) is 0.459. The zero-order chi connectivity index (χ0) is 16.9. The van der Waals surface area contributed by atoms with Crippen molar-refractivity contribution in [1.29, 1.82) is 0 Å². The van der Waals surface area contributed by atoms with Gasteiger partial charge in [0.05, 0.1) is 19.8 Å². The molecule has 0 atom stereocenters. The third-order valence-corrected chi connectivity index (χ3v) is 3.73. The molecule has 10 heteroatoms. The summed E-state index contributed by atoms with van der Waals surface area (Å²) in [5.74, 6) is -0.344. The maximum absolute atomic E-state index is 11.9. The van der Waals surface area contributed by atoms with Crippen LogP contribution in [0.1, 0.15) is 12.8 Å². The zero-order valence-corrected chi connectivity index (χ0v) is 12.5. The standard InChI is InChI=1S/C13H20F3N3O4/c14-13(15,16)8-17-12(21)18-10(20)7-19-3-1-9(2-4-19)11-22-5-6-23-11/h9,11H,1-8H2,(H2,17,18,20,21). The van der Waals surface area contributed by atoms with Crippen LogP contribution in [0.2, 0.25) is 0 Å². The van der Waals surface area contributed by atoms with Gasteiger partial charge in [0, 0.05) is 5.92 Å². The number of imide groups is 1. The molecule has 2 fully saturated rings. The van der Waals surface area contributed by atoms with Crippen LogP contribution in [-0.2, 0) is 14.3 Å². The van der Waals surface area contributed by atoms with Crippen molar-refractivity contribution in [2.45, 2.75) is 25.3 Å². The Morgan fingerprint density at radius 1 is 1.13 bits per heavy atom. The molecular weight excluding hydrogens is 319 g/mol. The fourth-order valence-electron chi connectivity index (χ4n) is 2.63. The second kappa shape index (κ2) is 7.93. The van der Waals surface area contributed by atoms with Crippen LogP contribution < -0.4 is 10.6 Å². The van der Waals surface area contributed by atoms with Gasteiger partial charge in [-0.1, -0.05) is 0 Å². The number of rotatable bonds is 4. The molecular formula is C13H20F3N3O4. The van der Waals surface area contributed by atoms with E-state index in [0.29, 0.717) is 26.3 Å². The highest BCUT2D eigenvalue weighted by Crippen LogP contribution is 2.25. The number of urea groups is 1. The average Bonchev–Trinajstić information content (AvgIpc) is 2.99. The first-order valence-corrected chi connectivity index (χ1v) is 7.43. The zero-order valence-electron chi connectivity index (χ0n) is 12.5. The van der Waals surface area contributed by atoms with Gasteiger partial charge >= 0.3 is 12.2 Å². The predicted molar refractivity (Wildman–Crippen MR) is 72.5 cm³/mol. The molecule has 0 spiro atoms. The Morgan fingerprint density at radius 2 is 1.74 bits per heavy atom. The SMILES string of the molecule is O=C(CN1CCC(C2OCCO2)CC1)NC(=O)NCC(F)(F)F. The highest BCUT2D eigenvalue weighted by molar-refractivity contribution is 5.95. The molecule has 0 saturated carbocycles.